The van der Waals surface area contributed by atoms with Crippen molar-refractivity contribution in [2.45, 2.75) is 70.6 Å². The number of hydrogen-bond donors (Lipinski definition) is 1. The van der Waals surface area contributed by atoms with E-state index in [0.29, 0.717) is 25.2 Å². The monoisotopic (exact) mass is 252 g/mol. The van der Waals surface area contributed by atoms with Gasteiger partial charge in [0.15, 0.2) is 0 Å². The van der Waals surface area contributed by atoms with E-state index in [1.165, 1.54) is 0 Å². The average Bonchev–Trinajstić information content (AvgIpc) is 2.25. The van der Waals surface area contributed by atoms with Crippen LogP contribution in [0.15, 0.2) is 0 Å². The highest BCUT2D eigenvalue weighted by molar-refractivity contribution is 4.89. The first-order valence-corrected chi connectivity index (χ1v) is 6.60. The molecule has 1 N–H and O–H groups in total. The summed E-state index contributed by atoms with van der Waals surface area (Å²) in [5.41, 5.74) is -0.849. The second-order valence-corrected chi connectivity index (χ2v) is 5.43. The van der Waals surface area contributed by atoms with Crippen molar-refractivity contribution < 1.29 is 18.3 Å². The maximum Gasteiger partial charge on any atom is 0.391 e. The van der Waals surface area contributed by atoms with Crippen LogP contribution in [0.3, 0.4) is 0 Å². The summed E-state index contributed by atoms with van der Waals surface area (Å²) in [5.74, 6) is -0.771. The van der Waals surface area contributed by atoms with Crippen molar-refractivity contribution in [2.24, 2.45) is 11.8 Å². The van der Waals surface area contributed by atoms with E-state index in [4.69, 9.17) is 0 Å². The van der Waals surface area contributed by atoms with Crippen molar-refractivity contribution in [3.63, 3.8) is 0 Å². The van der Waals surface area contributed by atoms with Gasteiger partial charge in [-0.1, -0.05) is 26.7 Å². The van der Waals surface area contributed by atoms with Crippen molar-refractivity contribution in [2.75, 3.05) is 0 Å². The third-order valence-electron chi connectivity index (χ3n) is 4.20. The van der Waals surface area contributed by atoms with Crippen LogP contribution in [0.2, 0.25) is 0 Å². The van der Waals surface area contributed by atoms with Gasteiger partial charge >= 0.3 is 6.18 Å². The summed E-state index contributed by atoms with van der Waals surface area (Å²) in [6.07, 6.45) is -0.689. The maximum atomic E-state index is 12.5. The minimum atomic E-state index is -4.09. The number of halogens is 3. The molecule has 0 aromatic heterocycles. The zero-order valence-corrected chi connectivity index (χ0v) is 10.7. The van der Waals surface area contributed by atoms with Gasteiger partial charge in [0.2, 0.25) is 0 Å². The summed E-state index contributed by atoms with van der Waals surface area (Å²) < 4.78 is 37.5. The molecule has 0 saturated heterocycles. The van der Waals surface area contributed by atoms with Gasteiger partial charge in [0.05, 0.1) is 11.5 Å². The summed E-state index contributed by atoms with van der Waals surface area (Å²) in [4.78, 5) is 0. The summed E-state index contributed by atoms with van der Waals surface area (Å²) in [5, 5.41) is 10.3. The van der Waals surface area contributed by atoms with Crippen LogP contribution in [0, 0.1) is 11.8 Å². The van der Waals surface area contributed by atoms with Crippen LogP contribution in [0.4, 0.5) is 13.2 Å². The van der Waals surface area contributed by atoms with Gasteiger partial charge in [-0.2, -0.15) is 13.2 Å². The molecule has 1 rings (SSSR count). The SMILES string of the molecule is CCC(CC)CC1(O)CCC(C(F)(F)F)CC1. The Hall–Kier alpha value is -0.250. The fourth-order valence-corrected chi connectivity index (χ4v) is 2.80. The van der Waals surface area contributed by atoms with Gasteiger partial charge in [0.1, 0.15) is 0 Å². The standard InChI is InChI=1S/C13H23F3O/c1-3-10(4-2)9-12(17)7-5-11(6-8-12)13(14,15)16/h10-11,17H,3-9H2,1-2H3. The van der Waals surface area contributed by atoms with E-state index in [-0.39, 0.29) is 12.8 Å². The Morgan fingerprint density at radius 1 is 1.18 bits per heavy atom. The molecule has 17 heavy (non-hydrogen) atoms. The number of aliphatic hydroxyl groups is 1. The fraction of sp³-hybridized carbons (Fsp3) is 1.00. The molecule has 0 bridgehead atoms. The molecule has 0 aliphatic heterocycles. The molecule has 0 aromatic carbocycles. The van der Waals surface area contributed by atoms with Crippen LogP contribution in [0.1, 0.15) is 58.8 Å². The lowest BCUT2D eigenvalue weighted by atomic mass is 9.73. The van der Waals surface area contributed by atoms with Gasteiger partial charge < -0.3 is 5.11 Å². The van der Waals surface area contributed by atoms with Gasteiger partial charge in [-0.05, 0) is 38.0 Å². The van der Waals surface area contributed by atoms with Crippen molar-refractivity contribution in [1.29, 1.82) is 0 Å². The molecule has 1 aliphatic carbocycles. The number of rotatable bonds is 4. The average molecular weight is 252 g/mol. The third-order valence-corrected chi connectivity index (χ3v) is 4.20. The second-order valence-electron chi connectivity index (χ2n) is 5.43. The minimum Gasteiger partial charge on any atom is -0.390 e. The Bertz CT molecular complexity index is 225. The molecular formula is C13H23F3O. The van der Waals surface area contributed by atoms with Crippen molar-refractivity contribution in [3.05, 3.63) is 0 Å². The zero-order valence-electron chi connectivity index (χ0n) is 10.7. The van der Waals surface area contributed by atoms with E-state index in [0.717, 1.165) is 12.8 Å². The van der Waals surface area contributed by atoms with E-state index in [9.17, 15) is 18.3 Å². The number of alkyl halides is 3. The second kappa shape index (κ2) is 5.59. The Morgan fingerprint density at radius 2 is 1.65 bits per heavy atom. The van der Waals surface area contributed by atoms with E-state index >= 15 is 0 Å². The molecule has 4 heteroatoms. The van der Waals surface area contributed by atoms with Crippen LogP contribution in [-0.4, -0.2) is 16.9 Å². The van der Waals surface area contributed by atoms with Crippen LogP contribution < -0.4 is 0 Å². The first kappa shape index (κ1) is 14.8. The predicted octanol–water partition coefficient (Wildman–Crippen LogP) is 4.30. The lowest BCUT2D eigenvalue weighted by molar-refractivity contribution is -0.193. The highest BCUT2D eigenvalue weighted by atomic mass is 19.4. The zero-order chi connectivity index (χ0) is 13.1. The quantitative estimate of drug-likeness (QED) is 0.791. The largest absolute Gasteiger partial charge is 0.391 e. The molecule has 0 atom stereocenters. The molecule has 102 valence electrons. The molecule has 1 aliphatic rings. The smallest absolute Gasteiger partial charge is 0.390 e. The molecule has 0 aromatic rings. The van der Waals surface area contributed by atoms with Gasteiger partial charge in [0.25, 0.3) is 0 Å². The first-order valence-electron chi connectivity index (χ1n) is 6.60. The highest BCUT2D eigenvalue weighted by Gasteiger charge is 2.45. The normalized spacial score (nSPS) is 30.9. The predicted molar refractivity (Wildman–Crippen MR) is 61.7 cm³/mol. The Balaban J connectivity index is 2.49. The van der Waals surface area contributed by atoms with E-state index in [1.54, 1.807) is 0 Å². The molecule has 1 fully saturated rings. The molecule has 0 spiro atoms. The van der Waals surface area contributed by atoms with E-state index in [2.05, 4.69) is 13.8 Å². The first-order chi connectivity index (χ1) is 7.80. The van der Waals surface area contributed by atoms with Gasteiger partial charge in [-0.25, -0.2) is 0 Å². The van der Waals surface area contributed by atoms with Crippen LogP contribution in [0.25, 0.3) is 0 Å². The lowest BCUT2D eigenvalue weighted by Crippen LogP contribution is -2.39. The summed E-state index contributed by atoms with van der Waals surface area (Å²) >= 11 is 0. The summed E-state index contributed by atoms with van der Waals surface area (Å²) in [6.45, 7) is 4.14. The number of hydrogen-bond acceptors (Lipinski definition) is 1. The van der Waals surface area contributed by atoms with Gasteiger partial charge in [0, 0.05) is 0 Å². The molecule has 1 saturated carbocycles. The Morgan fingerprint density at radius 3 is 2.00 bits per heavy atom. The lowest BCUT2D eigenvalue weighted by Gasteiger charge is -2.38. The molecule has 0 radical (unpaired) electrons. The molecule has 0 amide bonds. The molecular weight excluding hydrogens is 229 g/mol. The van der Waals surface area contributed by atoms with Gasteiger partial charge in [-0.3, -0.25) is 0 Å². The molecule has 1 nitrogen and oxygen atoms in total. The fourth-order valence-electron chi connectivity index (χ4n) is 2.80. The Labute approximate surface area is 101 Å². The van der Waals surface area contributed by atoms with Crippen molar-refractivity contribution in [1.82, 2.24) is 0 Å². The van der Waals surface area contributed by atoms with Crippen LogP contribution in [0.5, 0.6) is 0 Å². The molecule has 0 unspecified atom stereocenters. The topological polar surface area (TPSA) is 20.2 Å². The third kappa shape index (κ3) is 4.16. The van der Waals surface area contributed by atoms with E-state index in [1.807, 2.05) is 0 Å². The highest BCUT2D eigenvalue weighted by Crippen LogP contribution is 2.43. The van der Waals surface area contributed by atoms with E-state index < -0.39 is 17.7 Å². The summed E-state index contributed by atoms with van der Waals surface area (Å²) in [7, 11) is 0. The van der Waals surface area contributed by atoms with Gasteiger partial charge in [-0.15, -0.1) is 0 Å². The summed E-state index contributed by atoms with van der Waals surface area (Å²) in [6, 6.07) is 0. The minimum absolute atomic E-state index is 0.0835. The Kier molecular flexibility index (Phi) is 4.87. The molecule has 0 heterocycles. The van der Waals surface area contributed by atoms with Crippen molar-refractivity contribution >= 4 is 0 Å². The van der Waals surface area contributed by atoms with Crippen LogP contribution in [-0.2, 0) is 0 Å². The van der Waals surface area contributed by atoms with Crippen LogP contribution >= 0.6 is 0 Å². The van der Waals surface area contributed by atoms with Crippen molar-refractivity contribution in [3.8, 4) is 0 Å². The maximum absolute atomic E-state index is 12.5.